The Labute approximate surface area is 186 Å². The highest BCUT2D eigenvalue weighted by Crippen LogP contribution is 2.28. The van der Waals surface area contributed by atoms with E-state index in [1.54, 1.807) is 47.9 Å². The maximum Gasteiger partial charge on any atom is 0.257 e. The van der Waals surface area contributed by atoms with Gasteiger partial charge in [-0.2, -0.15) is 0 Å². The Bertz CT molecular complexity index is 1270. The van der Waals surface area contributed by atoms with Crippen molar-refractivity contribution in [1.82, 2.24) is 9.55 Å². The van der Waals surface area contributed by atoms with E-state index in [1.165, 1.54) is 22.0 Å². The number of benzene rings is 1. The van der Waals surface area contributed by atoms with Gasteiger partial charge in [0.1, 0.15) is 6.54 Å². The lowest BCUT2D eigenvalue weighted by Crippen LogP contribution is -2.26. The number of carbonyl (C=O) groups is 2. The van der Waals surface area contributed by atoms with E-state index in [2.05, 4.69) is 15.6 Å². The molecule has 4 rings (SSSR count). The average molecular weight is 451 g/mol. The second-order valence-electron chi connectivity index (χ2n) is 6.77. The fraction of sp³-hybridized carbons (Fsp3) is 0.0909. The van der Waals surface area contributed by atoms with Crippen molar-refractivity contribution >= 4 is 45.3 Å². The third-order valence-corrected chi connectivity index (χ3v) is 6.02. The number of carbonyl (C=O) groups excluding carboxylic acids is 2. The van der Waals surface area contributed by atoms with Crippen molar-refractivity contribution in [2.24, 2.45) is 0 Å². The van der Waals surface area contributed by atoms with Crippen LogP contribution in [-0.2, 0) is 11.3 Å². The second kappa shape index (κ2) is 9.07. The van der Waals surface area contributed by atoms with Gasteiger partial charge >= 0.3 is 0 Å². The molecule has 3 aromatic heterocycles. The van der Waals surface area contributed by atoms with E-state index < -0.39 is 0 Å². The average Bonchev–Trinajstić information content (AvgIpc) is 3.43. The monoisotopic (exact) mass is 450 g/mol. The van der Waals surface area contributed by atoms with Crippen LogP contribution < -0.4 is 16.2 Å². The number of pyridine rings is 1. The smallest absolute Gasteiger partial charge is 0.257 e. The summed E-state index contributed by atoms with van der Waals surface area (Å²) in [5.41, 5.74) is 2.47. The molecule has 2 amide bonds. The molecule has 0 radical (unpaired) electrons. The molecule has 0 aliphatic heterocycles. The van der Waals surface area contributed by atoms with Crippen LogP contribution in [0.15, 0.2) is 70.3 Å². The highest BCUT2D eigenvalue weighted by atomic mass is 32.1. The SMILES string of the molecule is Cc1ccc(=O)n(CC(=O)Nc2ccc(C(=O)Nc3nc(-c4cccs4)cs3)cc2)c1. The largest absolute Gasteiger partial charge is 0.325 e. The van der Waals surface area contributed by atoms with Crippen molar-refractivity contribution in [2.45, 2.75) is 13.5 Å². The third kappa shape index (κ3) is 5.14. The van der Waals surface area contributed by atoms with Gasteiger partial charge in [0.05, 0.1) is 10.6 Å². The summed E-state index contributed by atoms with van der Waals surface area (Å²) in [4.78, 5) is 42.1. The van der Waals surface area contributed by atoms with Crippen molar-refractivity contribution in [2.75, 3.05) is 10.6 Å². The predicted molar refractivity (Wildman–Crippen MR) is 124 cm³/mol. The van der Waals surface area contributed by atoms with Gasteiger partial charge in [-0.05, 0) is 48.2 Å². The number of aryl methyl sites for hydroxylation is 1. The molecule has 4 aromatic rings. The van der Waals surface area contributed by atoms with Crippen LogP contribution in [0.5, 0.6) is 0 Å². The van der Waals surface area contributed by atoms with Gasteiger partial charge < -0.3 is 9.88 Å². The first-order valence-corrected chi connectivity index (χ1v) is 11.1. The molecule has 9 heteroatoms. The molecule has 156 valence electrons. The fourth-order valence-corrected chi connectivity index (χ4v) is 4.34. The lowest BCUT2D eigenvalue weighted by molar-refractivity contribution is -0.116. The van der Waals surface area contributed by atoms with E-state index in [9.17, 15) is 14.4 Å². The van der Waals surface area contributed by atoms with Crippen molar-refractivity contribution in [3.8, 4) is 10.6 Å². The Balaban J connectivity index is 1.36. The summed E-state index contributed by atoms with van der Waals surface area (Å²) in [5, 5.41) is 9.93. The first-order valence-electron chi connectivity index (χ1n) is 9.36. The minimum Gasteiger partial charge on any atom is -0.325 e. The molecule has 1 aromatic carbocycles. The Hall–Kier alpha value is -3.56. The molecule has 7 nitrogen and oxygen atoms in total. The number of thiazole rings is 1. The van der Waals surface area contributed by atoms with Crippen molar-refractivity contribution < 1.29 is 9.59 Å². The minimum absolute atomic E-state index is 0.0840. The van der Waals surface area contributed by atoms with Crippen LogP contribution in [0.3, 0.4) is 0 Å². The van der Waals surface area contributed by atoms with Gasteiger partial charge in [-0.25, -0.2) is 4.98 Å². The summed E-state index contributed by atoms with van der Waals surface area (Å²) in [6, 6.07) is 13.6. The number of rotatable bonds is 6. The number of nitrogens with zero attached hydrogens (tertiary/aromatic N) is 2. The zero-order valence-corrected chi connectivity index (χ0v) is 18.1. The maximum absolute atomic E-state index is 12.5. The van der Waals surface area contributed by atoms with Gasteiger partial charge in [0.25, 0.3) is 11.5 Å². The van der Waals surface area contributed by atoms with Crippen LogP contribution in [0.2, 0.25) is 0 Å². The number of hydrogen-bond acceptors (Lipinski definition) is 6. The number of amides is 2. The summed E-state index contributed by atoms with van der Waals surface area (Å²) in [6.07, 6.45) is 1.64. The summed E-state index contributed by atoms with van der Waals surface area (Å²) < 4.78 is 1.35. The van der Waals surface area contributed by atoms with E-state index in [0.29, 0.717) is 16.4 Å². The summed E-state index contributed by atoms with van der Waals surface area (Å²) in [7, 11) is 0. The molecule has 0 atom stereocenters. The lowest BCUT2D eigenvalue weighted by atomic mass is 10.2. The van der Waals surface area contributed by atoms with Crippen LogP contribution in [0.1, 0.15) is 15.9 Å². The Morgan fingerprint density at radius 1 is 1.03 bits per heavy atom. The molecule has 3 heterocycles. The standard InChI is InChI=1S/C22H18N4O3S2/c1-14-4-9-20(28)26(11-14)12-19(27)23-16-7-5-15(6-8-16)21(29)25-22-24-17(13-31-22)18-3-2-10-30-18/h2-11,13H,12H2,1H3,(H,23,27)(H,24,25,29). The van der Waals surface area contributed by atoms with Gasteiger partial charge in [0, 0.05) is 28.9 Å². The van der Waals surface area contributed by atoms with E-state index in [0.717, 1.165) is 16.1 Å². The number of nitrogens with one attached hydrogen (secondary N) is 2. The second-order valence-corrected chi connectivity index (χ2v) is 8.57. The van der Waals surface area contributed by atoms with Gasteiger partial charge in [0.15, 0.2) is 5.13 Å². The van der Waals surface area contributed by atoms with Crippen LogP contribution in [0, 0.1) is 6.92 Å². The molecule has 0 saturated heterocycles. The highest BCUT2D eigenvalue weighted by molar-refractivity contribution is 7.16. The molecular formula is C22H18N4O3S2. The van der Waals surface area contributed by atoms with Crippen LogP contribution in [0.25, 0.3) is 10.6 Å². The topological polar surface area (TPSA) is 93.1 Å². The quantitative estimate of drug-likeness (QED) is 0.460. The number of aromatic nitrogens is 2. The zero-order chi connectivity index (χ0) is 21.8. The molecule has 31 heavy (non-hydrogen) atoms. The lowest BCUT2D eigenvalue weighted by Gasteiger charge is -2.09. The number of hydrogen-bond donors (Lipinski definition) is 2. The summed E-state index contributed by atoms with van der Waals surface area (Å²) in [5.74, 6) is -0.606. The van der Waals surface area contributed by atoms with Crippen molar-refractivity contribution in [3.05, 3.63) is 87.0 Å². The molecule has 2 N–H and O–H groups in total. The highest BCUT2D eigenvalue weighted by Gasteiger charge is 2.11. The number of anilines is 2. The molecule has 0 bridgehead atoms. The number of thiophene rings is 1. The van der Waals surface area contributed by atoms with Crippen LogP contribution >= 0.6 is 22.7 Å². The summed E-state index contributed by atoms with van der Waals surface area (Å²) in [6.45, 7) is 1.77. The van der Waals surface area contributed by atoms with Crippen molar-refractivity contribution in [1.29, 1.82) is 0 Å². The molecule has 0 spiro atoms. The van der Waals surface area contributed by atoms with Gasteiger partial charge in [-0.3, -0.25) is 19.7 Å². The molecule has 0 unspecified atom stereocenters. The Morgan fingerprint density at radius 2 is 1.84 bits per heavy atom. The first-order chi connectivity index (χ1) is 15.0. The third-order valence-electron chi connectivity index (χ3n) is 4.37. The molecule has 0 saturated carbocycles. The van der Waals surface area contributed by atoms with E-state index >= 15 is 0 Å². The Kier molecular flexibility index (Phi) is 6.06. The van der Waals surface area contributed by atoms with E-state index in [4.69, 9.17) is 0 Å². The maximum atomic E-state index is 12.5. The fourth-order valence-electron chi connectivity index (χ4n) is 2.87. The van der Waals surface area contributed by atoms with Gasteiger partial charge in [-0.15, -0.1) is 22.7 Å². The first kappa shape index (κ1) is 20.7. The Morgan fingerprint density at radius 3 is 2.58 bits per heavy atom. The van der Waals surface area contributed by atoms with Gasteiger partial charge in [-0.1, -0.05) is 12.1 Å². The minimum atomic E-state index is -0.325. The molecule has 0 fully saturated rings. The van der Waals surface area contributed by atoms with Crippen LogP contribution in [-0.4, -0.2) is 21.4 Å². The van der Waals surface area contributed by atoms with Crippen LogP contribution in [0.4, 0.5) is 10.8 Å². The van der Waals surface area contributed by atoms with E-state index in [-0.39, 0.29) is 23.9 Å². The molecule has 0 aliphatic carbocycles. The van der Waals surface area contributed by atoms with Gasteiger partial charge in [0.2, 0.25) is 5.91 Å². The normalized spacial score (nSPS) is 10.6. The summed E-state index contributed by atoms with van der Waals surface area (Å²) >= 11 is 2.95. The predicted octanol–water partition coefficient (Wildman–Crippen LogP) is 4.23. The molecule has 0 aliphatic rings. The zero-order valence-electron chi connectivity index (χ0n) is 16.5. The van der Waals surface area contributed by atoms with Crippen molar-refractivity contribution in [3.63, 3.8) is 0 Å². The molecular weight excluding hydrogens is 432 g/mol. The van der Waals surface area contributed by atoms with E-state index in [1.807, 2.05) is 29.8 Å².